The van der Waals surface area contributed by atoms with E-state index in [2.05, 4.69) is 97.9 Å². The highest BCUT2D eigenvalue weighted by Crippen LogP contribution is 2.45. The Morgan fingerprint density at radius 3 is 2.30 bits per heavy atom. The number of para-hydroxylation sites is 4. The van der Waals surface area contributed by atoms with Gasteiger partial charge in [-0.3, -0.25) is 8.97 Å². The highest BCUT2D eigenvalue weighted by Gasteiger charge is 2.24. The molecule has 9 heteroatoms. The molecule has 54 heavy (non-hydrogen) atoms. The van der Waals surface area contributed by atoms with Gasteiger partial charge in [0, 0.05) is 58.3 Å². The summed E-state index contributed by atoms with van der Waals surface area (Å²) in [7, 11) is 0. The van der Waals surface area contributed by atoms with E-state index in [0.717, 1.165) is 83.3 Å². The third-order valence-electron chi connectivity index (χ3n) is 10.5. The van der Waals surface area contributed by atoms with Gasteiger partial charge in [-0.15, -0.1) is 0 Å². The Hall–Kier alpha value is -7.52. The van der Waals surface area contributed by atoms with E-state index in [1.54, 1.807) is 6.20 Å². The van der Waals surface area contributed by atoms with Gasteiger partial charge >= 0.3 is 0 Å². The number of nitrogens with zero attached hydrogens (tertiary/aromatic N) is 6. The minimum absolute atomic E-state index is 0.597. The number of fused-ring (bicyclic) bond motifs is 12. The van der Waals surface area contributed by atoms with E-state index in [-0.39, 0.29) is 0 Å². The molecular weight excluding hydrogens is 673 g/mol. The van der Waals surface area contributed by atoms with Crippen LogP contribution in [-0.2, 0) is 0 Å². The molecular formula is C45H28N6O3. The number of furan rings is 2. The summed E-state index contributed by atoms with van der Waals surface area (Å²) in [5.41, 5.74) is 8.95. The van der Waals surface area contributed by atoms with Crippen LogP contribution in [0.3, 0.4) is 0 Å². The fourth-order valence-electron chi connectivity index (χ4n) is 8.00. The fraction of sp³-hybridized carbons (Fsp3) is 0.0222. The molecule has 6 aromatic carbocycles. The van der Waals surface area contributed by atoms with Crippen molar-refractivity contribution in [1.82, 2.24) is 18.9 Å². The van der Waals surface area contributed by atoms with Crippen molar-refractivity contribution in [2.24, 2.45) is 0 Å². The number of imidazole rings is 2. The van der Waals surface area contributed by atoms with E-state index >= 15 is 0 Å². The van der Waals surface area contributed by atoms with E-state index in [1.165, 1.54) is 0 Å². The summed E-state index contributed by atoms with van der Waals surface area (Å²) < 4.78 is 24.4. The number of hydrogen-bond acceptors (Lipinski definition) is 7. The molecule has 0 atom stereocenters. The van der Waals surface area contributed by atoms with Gasteiger partial charge in [-0.2, -0.15) is 0 Å². The summed E-state index contributed by atoms with van der Waals surface area (Å²) in [5.74, 6) is 2.80. The van der Waals surface area contributed by atoms with Crippen molar-refractivity contribution in [2.45, 2.75) is 0 Å². The quantitative estimate of drug-likeness (QED) is 0.177. The Bertz CT molecular complexity index is 3300. The molecule has 5 aromatic heterocycles. The third kappa shape index (κ3) is 4.20. The lowest BCUT2D eigenvalue weighted by molar-refractivity contribution is 0.477. The molecule has 6 heterocycles. The maximum absolute atomic E-state index is 6.91. The molecule has 0 saturated heterocycles. The summed E-state index contributed by atoms with van der Waals surface area (Å²) in [6, 6.07) is 47.1. The number of rotatable bonds is 5. The minimum atomic E-state index is 0.597. The Balaban J connectivity index is 1.06. The first-order chi connectivity index (χ1) is 26.7. The summed E-state index contributed by atoms with van der Waals surface area (Å²) in [5, 5.41) is 3.95. The first-order valence-electron chi connectivity index (χ1n) is 17.8. The van der Waals surface area contributed by atoms with Crippen LogP contribution in [0.4, 0.5) is 11.4 Å². The molecule has 11 aromatic rings. The van der Waals surface area contributed by atoms with Crippen LogP contribution in [0, 0.1) is 0 Å². The van der Waals surface area contributed by atoms with E-state index in [9.17, 15) is 0 Å². The second kappa shape index (κ2) is 11.0. The van der Waals surface area contributed by atoms with Crippen molar-refractivity contribution < 1.29 is 13.6 Å². The zero-order valence-corrected chi connectivity index (χ0v) is 28.6. The monoisotopic (exact) mass is 700 g/mol. The molecule has 1 aliphatic heterocycles. The van der Waals surface area contributed by atoms with Crippen molar-refractivity contribution in [2.75, 3.05) is 16.5 Å². The van der Waals surface area contributed by atoms with Gasteiger partial charge in [-0.1, -0.05) is 54.6 Å². The second-order valence-electron chi connectivity index (χ2n) is 13.6. The molecule has 0 saturated carbocycles. The Kier molecular flexibility index (Phi) is 5.92. The predicted molar refractivity (Wildman–Crippen MR) is 214 cm³/mol. The SMILES string of the molecule is C1=CN(c2cc(Oc3ccc4c(c3)n(-c3ccccn3)c3nc5ccccc5n43)c3oc4ccc5c6ccccc6oc5c4c3c2)CN1c1ccccc1. The van der Waals surface area contributed by atoms with E-state index < -0.39 is 0 Å². The third-order valence-corrected chi connectivity index (χ3v) is 10.5. The topological polar surface area (TPSA) is 77.1 Å². The van der Waals surface area contributed by atoms with E-state index in [0.29, 0.717) is 23.8 Å². The van der Waals surface area contributed by atoms with E-state index in [1.807, 2.05) is 72.8 Å². The molecule has 1 aliphatic rings. The Morgan fingerprint density at radius 2 is 1.39 bits per heavy atom. The van der Waals surface area contributed by atoms with Gasteiger partial charge < -0.3 is 23.4 Å². The van der Waals surface area contributed by atoms with Gasteiger partial charge in [0.2, 0.25) is 5.78 Å². The highest BCUT2D eigenvalue weighted by molar-refractivity contribution is 6.23. The fourth-order valence-corrected chi connectivity index (χ4v) is 8.00. The maximum Gasteiger partial charge on any atom is 0.221 e. The van der Waals surface area contributed by atoms with E-state index in [4.69, 9.17) is 23.5 Å². The lowest BCUT2D eigenvalue weighted by Gasteiger charge is -2.22. The minimum Gasteiger partial charge on any atom is -0.455 e. The first kappa shape index (κ1) is 29.1. The van der Waals surface area contributed by atoms with Gasteiger partial charge in [0.05, 0.1) is 34.1 Å². The number of benzene rings is 6. The van der Waals surface area contributed by atoms with Gasteiger partial charge in [-0.05, 0) is 72.8 Å². The molecule has 0 amide bonds. The number of anilines is 2. The summed E-state index contributed by atoms with van der Waals surface area (Å²) in [4.78, 5) is 14.2. The normalized spacial score (nSPS) is 13.3. The smallest absolute Gasteiger partial charge is 0.221 e. The van der Waals surface area contributed by atoms with Crippen LogP contribution >= 0.6 is 0 Å². The van der Waals surface area contributed by atoms with Crippen molar-refractivity contribution in [3.8, 4) is 17.3 Å². The molecule has 0 fully saturated rings. The summed E-state index contributed by atoms with van der Waals surface area (Å²) in [6.07, 6.45) is 6.00. The number of aromatic nitrogens is 4. The van der Waals surface area contributed by atoms with Crippen molar-refractivity contribution in [1.29, 1.82) is 0 Å². The predicted octanol–water partition coefficient (Wildman–Crippen LogP) is 11.2. The molecule has 12 rings (SSSR count). The highest BCUT2D eigenvalue weighted by atomic mass is 16.5. The Labute approximate surface area is 306 Å². The molecule has 0 bridgehead atoms. The van der Waals surface area contributed by atoms with Gasteiger partial charge in [0.25, 0.3) is 0 Å². The molecule has 9 nitrogen and oxygen atoms in total. The van der Waals surface area contributed by atoms with Crippen molar-refractivity contribution in [3.63, 3.8) is 0 Å². The second-order valence-corrected chi connectivity index (χ2v) is 13.6. The Morgan fingerprint density at radius 1 is 0.574 bits per heavy atom. The van der Waals surface area contributed by atoms with Crippen LogP contribution in [-0.4, -0.2) is 25.6 Å². The molecule has 0 N–H and O–H groups in total. The van der Waals surface area contributed by atoms with Crippen LogP contribution in [0.5, 0.6) is 11.5 Å². The molecule has 0 spiro atoms. The van der Waals surface area contributed by atoms with Crippen molar-refractivity contribution in [3.05, 3.63) is 158 Å². The molecule has 256 valence electrons. The van der Waals surface area contributed by atoms with Gasteiger partial charge in [-0.25, -0.2) is 9.97 Å². The van der Waals surface area contributed by atoms with Gasteiger partial charge in [0.1, 0.15) is 28.3 Å². The maximum atomic E-state index is 6.91. The lowest BCUT2D eigenvalue weighted by Crippen LogP contribution is -2.24. The van der Waals surface area contributed by atoms with Crippen LogP contribution in [0.2, 0.25) is 0 Å². The lowest BCUT2D eigenvalue weighted by atomic mass is 10.1. The van der Waals surface area contributed by atoms with Crippen LogP contribution in [0.1, 0.15) is 0 Å². The molecule has 0 radical (unpaired) electrons. The van der Waals surface area contributed by atoms with Crippen LogP contribution < -0.4 is 14.5 Å². The van der Waals surface area contributed by atoms with Crippen molar-refractivity contribution >= 4 is 83.1 Å². The summed E-state index contributed by atoms with van der Waals surface area (Å²) >= 11 is 0. The number of pyridine rings is 1. The zero-order valence-electron chi connectivity index (χ0n) is 28.6. The standard InChI is InChI=1S/C45H28N6O3/c1-2-10-28(11-3-1)48-22-23-49(27-48)29-24-33-42-39(20-18-32-31-12-4-7-15-38(31)53-44(32)42)54-43(33)40(25-29)52-30-17-19-36-37(26-30)51(41-16-8-9-21-46-41)45-47-34-13-5-6-14-35(34)50(36)45/h1-26H,27H2. The van der Waals surface area contributed by atoms with Gasteiger partial charge in [0.15, 0.2) is 11.3 Å². The number of ether oxygens (including phenoxy) is 1. The average molecular weight is 701 g/mol. The van der Waals surface area contributed by atoms with Crippen LogP contribution in [0.15, 0.2) is 167 Å². The number of hydrogen-bond donors (Lipinski definition) is 0. The average Bonchev–Trinajstić information content (AvgIpc) is 4.05. The molecule has 0 aliphatic carbocycles. The largest absolute Gasteiger partial charge is 0.455 e. The summed E-state index contributed by atoms with van der Waals surface area (Å²) in [6.45, 7) is 0.641. The zero-order chi connectivity index (χ0) is 35.3. The molecule has 0 unspecified atom stereocenters. The van der Waals surface area contributed by atoms with Crippen LogP contribution in [0.25, 0.3) is 77.5 Å². The first-order valence-corrected chi connectivity index (χ1v) is 17.8.